The fourth-order valence-corrected chi connectivity index (χ4v) is 4.03. The van der Waals surface area contributed by atoms with Gasteiger partial charge in [-0.3, -0.25) is 9.59 Å². The molecule has 1 N–H and O–H groups in total. The van der Waals surface area contributed by atoms with Gasteiger partial charge in [0, 0.05) is 22.0 Å². The van der Waals surface area contributed by atoms with Crippen LogP contribution in [-0.4, -0.2) is 31.8 Å². The standard InChI is InChI=1S/C22H19ClN4O2S/c1-13(2)27(11-19-24-17-6-4-3-5-16(17)20(28)26-19)22(29)18-12-30-21(25-18)14-7-9-15(23)10-8-14/h3-10,12-13H,11H2,1-2H3,(H,24,26,28). The van der Waals surface area contributed by atoms with Crippen molar-refractivity contribution in [2.45, 2.75) is 26.4 Å². The van der Waals surface area contributed by atoms with Gasteiger partial charge in [0.2, 0.25) is 0 Å². The molecule has 0 unspecified atom stereocenters. The van der Waals surface area contributed by atoms with Gasteiger partial charge in [0.05, 0.1) is 17.4 Å². The summed E-state index contributed by atoms with van der Waals surface area (Å²) >= 11 is 7.35. The quantitative estimate of drug-likeness (QED) is 0.487. The molecule has 0 atom stereocenters. The van der Waals surface area contributed by atoms with Crippen LogP contribution in [0.4, 0.5) is 0 Å². The molecule has 30 heavy (non-hydrogen) atoms. The average molecular weight is 439 g/mol. The molecule has 2 aromatic heterocycles. The third-order valence-corrected chi connectivity index (χ3v) is 5.82. The van der Waals surface area contributed by atoms with Crippen LogP contribution in [0.3, 0.4) is 0 Å². The predicted molar refractivity (Wildman–Crippen MR) is 120 cm³/mol. The summed E-state index contributed by atoms with van der Waals surface area (Å²) in [5, 5.41) is 3.67. The molecule has 0 bridgehead atoms. The second kappa shape index (κ2) is 8.38. The van der Waals surface area contributed by atoms with Crippen LogP contribution in [-0.2, 0) is 6.54 Å². The van der Waals surface area contributed by atoms with Crippen molar-refractivity contribution in [2.75, 3.05) is 0 Å². The van der Waals surface area contributed by atoms with Gasteiger partial charge in [-0.25, -0.2) is 9.97 Å². The smallest absolute Gasteiger partial charge is 0.273 e. The van der Waals surface area contributed by atoms with Crippen LogP contribution in [0.1, 0.15) is 30.2 Å². The van der Waals surface area contributed by atoms with E-state index in [-0.39, 0.29) is 24.1 Å². The molecule has 0 aliphatic heterocycles. The molecular weight excluding hydrogens is 420 g/mol. The van der Waals surface area contributed by atoms with Gasteiger partial charge in [-0.15, -0.1) is 11.3 Å². The Morgan fingerprint density at radius 3 is 2.60 bits per heavy atom. The topological polar surface area (TPSA) is 79.0 Å². The molecule has 4 aromatic rings. The lowest BCUT2D eigenvalue weighted by atomic mass is 10.2. The SMILES string of the molecule is CC(C)N(Cc1nc2ccccc2c(=O)[nH]1)C(=O)c1csc(-c2ccc(Cl)cc2)n1. The third-order valence-electron chi connectivity index (χ3n) is 4.68. The van der Waals surface area contributed by atoms with Crippen LogP contribution < -0.4 is 5.56 Å². The highest BCUT2D eigenvalue weighted by Gasteiger charge is 2.23. The summed E-state index contributed by atoms with van der Waals surface area (Å²) in [5.74, 6) is 0.228. The van der Waals surface area contributed by atoms with E-state index >= 15 is 0 Å². The summed E-state index contributed by atoms with van der Waals surface area (Å²) in [4.78, 5) is 39.0. The van der Waals surface area contributed by atoms with Crippen molar-refractivity contribution < 1.29 is 4.79 Å². The number of nitrogens with zero attached hydrogens (tertiary/aromatic N) is 3. The van der Waals surface area contributed by atoms with Gasteiger partial charge in [-0.05, 0) is 38.1 Å². The summed E-state index contributed by atoms with van der Waals surface area (Å²) in [7, 11) is 0. The fourth-order valence-electron chi connectivity index (χ4n) is 3.10. The third kappa shape index (κ3) is 4.13. The number of H-pyrrole nitrogens is 1. The number of carbonyl (C=O) groups excluding carboxylic acids is 1. The molecule has 2 heterocycles. The highest BCUT2D eigenvalue weighted by atomic mass is 35.5. The Balaban J connectivity index is 1.61. The van der Waals surface area contributed by atoms with Crippen molar-refractivity contribution in [3.63, 3.8) is 0 Å². The predicted octanol–water partition coefficient (Wildman–Crippen LogP) is 4.75. The summed E-state index contributed by atoms with van der Waals surface area (Å²) in [6, 6.07) is 14.4. The number of rotatable bonds is 5. The first-order valence-electron chi connectivity index (χ1n) is 9.43. The Labute approximate surface area is 182 Å². The molecule has 0 saturated heterocycles. The van der Waals surface area contributed by atoms with Crippen molar-refractivity contribution >= 4 is 39.7 Å². The van der Waals surface area contributed by atoms with E-state index in [4.69, 9.17) is 11.6 Å². The highest BCUT2D eigenvalue weighted by Crippen LogP contribution is 2.26. The lowest BCUT2D eigenvalue weighted by molar-refractivity contribution is 0.0680. The van der Waals surface area contributed by atoms with Crippen molar-refractivity contribution in [3.05, 3.63) is 80.8 Å². The van der Waals surface area contributed by atoms with E-state index in [1.807, 2.05) is 32.0 Å². The minimum atomic E-state index is -0.217. The summed E-state index contributed by atoms with van der Waals surface area (Å²) in [5.41, 5.74) is 1.65. The van der Waals surface area contributed by atoms with Gasteiger partial charge < -0.3 is 9.88 Å². The number of hydrogen-bond donors (Lipinski definition) is 1. The monoisotopic (exact) mass is 438 g/mol. The van der Waals surface area contributed by atoms with E-state index in [1.165, 1.54) is 11.3 Å². The van der Waals surface area contributed by atoms with Gasteiger partial charge in [0.25, 0.3) is 11.5 Å². The molecule has 0 saturated carbocycles. The number of thiazole rings is 1. The molecule has 6 nitrogen and oxygen atoms in total. The summed E-state index contributed by atoms with van der Waals surface area (Å²) in [6.45, 7) is 4.03. The number of halogens is 1. The van der Waals surface area contributed by atoms with Crippen LogP contribution in [0.5, 0.6) is 0 Å². The van der Waals surface area contributed by atoms with E-state index in [0.29, 0.717) is 27.4 Å². The van der Waals surface area contributed by atoms with Crippen molar-refractivity contribution in [3.8, 4) is 10.6 Å². The van der Waals surface area contributed by atoms with E-state index in [9.17, 15) is 9.59 Å². The van der Waals surface area contributed by atoms with Gasteiger partial charge in [0.1, 0.15) is 16.5 Å². The van der Waals surface area contributed by atoms with Crippen LogP contribution in [0, 0.1) is 0 Å². The Bertz CT molecular complexity index is 1260. The van der Waals surface area contributed by atoms with Crippen molar-refractivity contribution in [1.29, 1.82) is 0 Å². The first-order chi connectivity index (χ1) is 14.4. The lowest BCUT2D eigenvalue weighted by Crippen LogP contribution is -2.37. The molecule has 0 radical (unpaired) electrons. The number of aromatic amines is 1. The van der Waals surface area contributed by atoms with Crippen molar-refractivity contribution in [2.24, 2.45) is 0 Å². The molecule has 8 heteroatoms. The molecular formula is C22H19ClN4O2S. The van der Waals surface area contributed by atoms with Crippen LogP contribution in [0.2, 0.25) is 5.02 Å². The zero-order chi connectivity index (χ0) is 21.3. The maximum atomic E-state index is 13.2. The molecule has 0 spiro atoms. The molecule has 0 fully saturated rings. The van der Waals surface area contributed by atoms with Gasteiger partial charge in [0.15, 0.2) is 0 Å². The zero-order valence-corrected chi connectivity index (χ0v) is 18.0. The number of fused-ring (bicyclic) bond motifs is 1. The number of aromatic nitrogens is 3. The number of benzene rings is 2. The average Bonchev–Trinajstić information content (AvgIpc) is 3.22. The van der Waals surface area contributed by atoms with Crippen LogP contribution in [0.25, 0.3) is 21.5 Å². The molecule has 152 valence electrons. The highest BCUT2D eigenvalue weighted by molar-refractivity contribution is 7.13. The summed E-state index contributed by atoms with van der Waals surface area (Å²) < 4.78 is 0. The lowest BCUT2D eigenvalue weighted by Gasteiger charge is -2.25. The maximum Gasteiger partial charge on any atom is 0.273 e. The minimum Gasteiger partial charge on any atom is -0.327 e. The first kappa shape index (κ1) is 20.3. The zero-order valence-electron chi connectivity index (χ0n) is 16.4. The molecule has 0 aliphatic rings. The van der Waals surface area contributed by atoms with Crippen molar-refractivity contribution in [1.82, 2.24) is 19.9 Å². The van der Waals surface area contributed by atoms with E-state index in [0.717, 1.165) is 10.6 Å². The number of hydrogen-bond acceptors (Lipinski definition) is 5. The van der Waals surface area contributed by atoms with E-state index in [1.54, 1.807) is 40.6 Å². The fraction of sp³-hybridized carbons (Fsp3) is 0.182. The second-order valence-corrected chi connectivity index (χ2v) is 8.40. The molecule has 1 amide bonds. The largest absolute Gasteiger partial charge is 0.327 e. The minimum absolute atomic E-state index is 0.102. The van der Waals surface area contributed by atoms with Gasteiger partial charge >= 0.3 is 0 Å². The Hall–Kier alpha value is -3.03. The summed E-state index contributed by atoms with van der Waals surface area (Å²) in [6.07, 6.45) is 0. The first-order valence-corrected chi connectivity index (χ1v) is 10.7. The molecule has 2 aromatic carbocycles. The number of para-hydroxylation sites is 1. The maximum absolute atomic E-state index is 13.2. The number of amides is 1. The Kier molecular flexibility index (Phi) is 5.65. The molecule has 0 aliphatic carbocycles. The Morgan fingerprint density at radius 1 is 1.13 bits per heavy atom. The van der Waals surface area contributed by atoms with Gasteiger partial charge in [-0.1, -0.05) is 35.9 Å². The number of carbonyl (C=O) groups is 1. The van der Waals surface area contributed by atoms with Gasteiger partial charge in [-0.2, -0.15) is 0 Å². The van der Waals surface area contributed by atoms with Crippen LogP contribution >= 0.6 is 22.9 Å². The second-order valence-electron chi connectivity index (χ2n) is 7.10. The van der Waals surface area contributed by atoms with E-state index in [2.05, 4.69) is 15.0 Å². The van der Waals surface area contributed by atoms with Crippen LogP contribution in [0.15, 0.2) is 58.7 Å². The van der Waals surface area contributed by atoms with E-state index < -0.39 is 0 Å². The number of nitrogens with one attached hydrogen (secondary N) is 1. The Morgan fingerprint density at radius 2 is 1.87 bits per heavy atom. The normalized spacial score (nSPS) is 11.2. The molecule has 4 rings (SSSR count).